The van der Waals surface area contributed by atoms with Crippen LogP contribution in [0.2, 0.25) is 0 Å². The van der Waals surface area contributed by atoms with Crippen LogP contribution in [0.1, 0.15) is 26.7 Å². The first-order valence-corrected chi connectivity index (χ1v) is 9.69. The Labute approximate surface area is 165 Å². The molecular formula is C22H26N4O2. The van der Waals surface area contributed by atoms with Gasteiger partial charge < -0.3 is 10.2 Å². The number of azo groups is 1. The molecule has 1 heterocycles. The summed E-state index contributed by atoms with van der Waals surface area (Å²) in [5.41, 5.74) is 2.26. The van der Waals surface area contributed by atoms with Gasteiger partial charge in [0.1, 0.15) is 0 Å². The van der Waals surface area contributed by atoms with E-state index in [4.69, 9.17) is 0 Å². The molecule has 1 aliphatic rings. The van der Waals surface area contributed by atoms with Crippen molar-refractivity contribution in [2.24, 2.45) is 22.1 Å². The fraction of sp³-hybridized carbons (Fsp3) is 0.364. The van der Waals surface area contributed by atoms with E-state index in [2.05, 4.69) is 15.5 Å². The predicted molar refractivity (Wildman–Crippen MR) is 110 cm³/mol. The first-order chi connectivity index (χ1) is 13.5. The highest BCUT2D eigenvalue weighted by molar-refractivity contribution is 5.93. The van der Waals surface area contributed by atoms with Gasteiger partial charge in [-0.3, -0.25) is 9.59 Å². The Balaban J connectivity index is 1.51. The van der Waals surface area contributed by atoms with E-state index in [1.807, 2.05) is 73.3 Å². The SMILES string of the molecule is CC(C)C(=O)N1CCC(C(=O)Nc2ccc(N=Nc3ccccc3)cc2)CC1. The Morgan fingerprint density at radius 3 is 2.07 bits per heavy atom. The number of nitrogens with one attached hydrogen (secondary N) is 1. The van der Waals surface area contributed by atoms with Gasteiger partial charge in [0.05, 0.1) is 11.4 Å². The van der Waals surface area contributed by atoms with Crippen LogP contribution in [0.3, 0.4) is 0 Å². The number of piperidine rings is 1. The van der Waals surface area contributed by atoms with Crippen molar-refractivity contribution in [1.29, 1.82) is 0 Å². The molecule has 0 aliphatic carbocycles. The molecule has 1 fully saturated rings. The van der Waals surface area contributed by atoms with Gasteiger partial charge in [-0.2, -0.15) is 10.2 Å². The molecule has 3 rings (SSSR count). The number of amides is 2. The van der Waals surface area contributed by atoms with E-state index in [1.165, 1.54) is 0 Å². The first-order valence-electron chi connectivity index (χ1n) is 9.69. The van der Waals surface area contributed by atoms with Gasteiger partial charge in [-0.1, -0.05) is 32.0 Å². The molecule has 0 unspecified atom stereocenters. The number of likely N-dealkylation sites (tertiary alicyclic amines) is 1. The van der Waals surface area contributed by atoms with E-state index in [1.54, 1.807) is 0 Å². The van der Waals surface area contributed by atoms with Gasteiger partial charge in [0.2, 0.25) is 11.8 Å². The summed E-state index contributed by atoms with van der Waals surface area (Å²) in [6.45, 7) is 5.11. The molecule has 6 heteroatoms. The molecule has 0 bridgehead atoms. The van der Waals surface area contributed by atoms with Crippen LogP contribution in [0.4, 0.5) is 17.1 Å². The number of carbonyl (C=O) groups is 2. The van der Waals surface area contributed by atoms with Crippen LogP contribution in [-0.2, 0) is 9.59 Å². The molecule has 1 saturated heterocycles. The van der Waals surface area contributed by atoms with Gasteiger partial charge in [-0.05, 0) is 49.2 Å². The average Bonchev–Trinajstić information content (AvgIpc) is 2.73. The quantitative estimate of drug-likeness (QED) is 0.749. The molecule has 6 nitrogen and oxygen atoms in total. The van der Waals surface area contributed by atoms with Crippen molar-refractivity contribution in [3.05, 3.63) is 54.6 Å². The van der Waals surface area contributed by atoms with Gasteiger partial charge in [-0.25, -0.2) is 0 Å². The van der Waals surface area contributed by atoms with E-state index in [0.717, 1.165) is 17.1 Å². The summed E-state index contributed by atoms with van der Waals surface area (Å²) < 4.78 is 0. The fourth-order valence-electron chi connectivity index (χ4n) is 3.19. The zero-order valence-electron chi connectivity index (χ0n) is 16.3. The first kappa shape index (κ1) is 19.7. The number of hydrogen-bond donors (Lipinski definition) is 1. The van der Waals surface area contributed by atoms with Crippen LogP contribution in [-0.4, -0.2) is 29.8 Å². The van der Waals surface area contributed by atoms with Gasteiger partial charge in [0.25, 0.3) is 0 Å². The lowest BCUT2D eigenvalue weighted by Crippen LogP contribution is -2.43. The lowest BCUT2D eigenvalue weighted by atomic mass is 9.95. The number of hydrogen-bond acceptors (Lipinski definition) is 4. The topological polar surface area (TPSA) is 74.1 Å². The fourth-order valence-corrected chi connectivity index (χ4v) is 3.19. The minimum absolute atomic E-state index is 0.00271. The molecule has 1 aliphatic heterocycles. The molecule has 28 heavy (non-hydrogen) atoms. The minimum atomic E-state index is -0.0614. The van der Waals surface area contributed by atoms with Crippen LogP contribution in [0.5, 0.6) is 0 Å². The number of anilines is 1. The molecular weight excluding hydrogens is 352 g/mol. The number of rotatable bonds is 5. The lowest BCUT2D eigenvalue weighted by Gasteiger charge is -2.32. The summed E-state index contributed by atoms with van der Waals surface area (Å²) in [5.74, 6) is 0.117. The highest BCUT2D eigenvalue weighted by atomic mass is 16.2. The van der Waals surface area contributed by atoms with Gasteiger partial charge in [0, 0.05) is 30.6 Å². The second-order valence-corrected chi connectivity index (χ2v) is 7.33. The number of benzene rings is 2. The third-order valence-electron chi connectivity index (χ3n) is 4.84. The molecule has 146 valence electrons. The maximum Gasteiger partial charge on any atom is 0.227 e. The van der Waals surface area contributed by atoms with Crippen molar-refractivity contribution in [2.45, 2.75) is 26.7 Å². The van der Waals surface area contributed by atoms with Gasteiger partial charge in [0.15, 0.2) is 0 Å². The third kappa shape index (κ3) is 5.25. The maximum absolute atomic E-state index is 12.5. The monoisotopic (exact) mass is 378 g/mol. The molecule has 0 radical (unpaired) electrons. The summed E-state index contributed by atoms with van der Waals surface area (Å²) >= 11 is 0. The molecule has 2 amide bonds. The van der Waals surface area contributed by atoms with Crippen LogP contribution < -0.4 is 5.32 Å². The highest BCUT2D eigenvalue weighted by Gasteiger charge is 2.28. The third-order valence-corrected chi connectivity index (χ3v) is 4.84. The standard InChI is InChI=1S/C22H26N4O2/c1-16(2)22(28)26-14-12-17(13-15-26)21(27)23-18-8-10-20(11-9-18)25-24-19-6-4-3-5-7-19/h3-11,16-17H,12-15H2,1-2H3,(H,23,27). The normalized spacial score (nSPS) is 15.2. The van der Waals surface area contributed by atoms with E-state index in [0.29, 0.717) is 25.9 Å². The predicted octanol–water partition coefficient (Wildman–Crippen LogP) is 4.94. The molecule has 0 aromatic heterocycles. The van der Waals surface area contributed by atoms with Crippen LogP contribution >= 0.6 is 0 Å². The molecule has 1 N–H and O–H groups in total. The summed E-state index contributed by atoms with van der Waals surface area (Å²) in [6, 6.07) is 16.8. The minimum Gasteiger partial charge on any atom is -0.342 e. The molecule has 0 saturated carbocycles. The van der Waals surface area contributed by atoms with Crippen LogP contribution in [0, 0.1) is 11.8 Å². The Hall–Kier alpha value is -3.02. The summed E-state index contributed by atoms with van der Waals surface area (Å²) in [4.78, 5) is 26.4. The molecule has 0 atom stereocenters. The van der Waals surface area contributed by atoms with E-state index < -0.39 is 0 Å². The summed E-state index contributed by atoms with van der Waals surface area (Å²) in [6.07, 6.45) is 1.40. The zero-order valence-corrected chi connectivity index (χ0v) is 16.3. The van der Waals surface area contributed by atoms with Crippen molar-refractivity contribution in [2.75, 3.05) is 18.4 Å². The summed E-state index contributed by atoms with van der Waals surface area (Å²) in [7, 11) is 0. The maximum atomic E-state index is 12.5. The van der Waals surface area contributed by atoms with Crippen molar-refractivity contribution in [3.63, 3.8) is 0 Å². The molecule has 2 aromatic rings. The number of nitrogens with zero attached hydrogens (tertiary/aromatic N) is 3. The lowest BCUT2D eigenvalue weighted by molar-refractivity contribution is -0.137. The largest absolute Gasteiger partial charge is 0.342 e. The van der Waals surface area contributed by atoms with Crippen molar-refractivity contribution in [3.8, 4) is 0 Å². The summed E-state index contributed by atoms with van der Waals surface area (Å²) in [5, 5.41) is 11.3. The van der Waals surface area contributed by atoms with Gasteiger partial charge >= 0.3 is 0 Å². The molecule has 0 spiro atoms. The Kier molecular flexibility index (Phi) is 6.53. The second kappa shape index (κ2) is 9.26. The second-order valence-electron chi connectivity index (χ2n) is 7.33. The Bertz CT molecular complexity index is 823. The van der Waals surface area contributed by atoms with Crippen molar-refractivity contribution in [1.82, 2.24) is 4.90 Å². The van der Waals surface area contributed by atoms with Crippen LogP contribution in [0.15, 0.2) is 64.8 Å². The average molecular weight is 378 g/mol. The van der Waals surface area contributed by atoms with Gasteiger partial charge in [-0.15, -0.1) is 0 Å². The highest BCUT2D eigenvalue weighted by Crippen LogP contribution is 2.23. The van der Waals surface area contributed by atoms with E-state index in [-0.39, 0.29) is 23.7 Å². The molecule has 2 aromatic carbocycles. The Morgan fingerprint density at radius 2 is 1.50 bits per heavy atom. The Morgan fingerprint density at radius 1 is 0.929 bits per heavy atom. The van der Waals surface area contributed by atoms with Crippen LogP contribution in [0.25, 0.3) is 0 Å². The number of carbonyl (C=O) groups excluding carboxylic acids is 2. The van der Waals surface area contributed by atoms with E-state index >= 15 is 0 Å². The van der Waals surface area contributed by atoms with Crippen molar-refractivity contribution >= 4 is 28.9 Å². The van der Waals surface area contributed by atoms with Crippen molar-refractivity contribution < 1.29 is 9.59 Å². The zero-order chi connectivity index (χ0) is 19.9. The smallest absolute Gasteiger partial charge is 0.227 e. The van der Waals surface area contributed by atoms with E-state index in [9.17, 15) is 9.59 Å².